The topological polar surface area (TPSA) is 61.8 Å². The van der Waals surface area contributed by atoms with Gasteiger partial charge in [0.2, 0.25) is 0 Å². The number of hydrogen-bond donors (Lipinski definition) is 2. The van der Waals surface area contributed by atoms with Gasteiger partial charge in [0.05, 0.1) is 6.61 Å². The number of ether oxygens (including phenoxy) is 1. The van der Waals surface area contributed by atoms with Crippen molar-refractivity contribution in [1.82, 2.24) is 5.32 Å². The Morgan fingerprint density at radius 1 is 1.40 bits per heavy atom. The van der Waals surface area contributed by atoms with Gasteiger partial charge >= 0.3 is 5.97 Å². The summed E-state index contributed by atoms with van der Waals surface area (Å²) in [6.07, 6.45) is 0.686. The number of carboxylic acid groups (broad SMARTS) is 1. The number of anilines is 1. The normalized spacial score (nSPS) is 15.2. The molecule has 1 fully saturated rings. The van der Waals surface area contributed by atoms with Crippen molar-refractivity contribution in [1.29, 1.82) is 0 Å². The minimum atomic E-state index is -0.779. The number of aryl methyl sites for hydroxylation is 1. The van der Waals surface area contributed by atoms with Crippen LogP contribution in [-0.2, 0) is 4.79 Å². The van der Waals surface area contributed by atoms with E-state index in [-0.39, 0.29) is 6.42 Å². The van der Waals surface area contributed by atoms with Gasteiger partial charge in [-0.1, -0.05) is 0 Å². The van der Waals surface area contributed by atoms with Gasteiger partial charge in [0.25, 0.3) is 0 Å². The van der Waals surface area contributed by atoms with E-state index in [0.717, 1.165) is 31.9 Å². The Morgan fingerprint density at radius 3 is 2.80 bits per heavy atom. The minimum absolute atomic E-state index is 0.151. The number of nitrogens with zero attached hydrogens (tertiary/aromatic N) is 1. The van der Waals surface area contributed by atoms with Crippen molar-refractivity contribution < 1.29 is 14.6 Å². The number of benzene rings is 1. The summed E-state index contributed by atoms with van der Waals surface area (Å²) in [5, 5.41) is 11.9. The van der Waals surface area contributed by atoms with E-state index in [1.165, 1.54) is 11.3 Å². The summed E-state index contributed by atoms with van der Waals surface area (Å²) in [4.78, 5) is 12.8. The summed E-state index contributed by atoms with van der Waals surface area (Å²) in [5.41, 5.74) is 2.45. The van der Waals surface area contributed by atoms with Crippen LogP contribution in [0.15, 0.2) is 18.2 Å². The van der Waals surface area contributed by atoms with Crippen molar-refractivity contribution in [3.8, 4) is 5.75 Å². The monoisotopic (exact) mass is 278 g/mol. The Bertz CT molecular complexity index is 456. The molecular formula is C15H22N2O3. The SMILES string of the molecule is Cc1cc(OCCCC(=O)O)ccc1N1CCNCC1. The minimum Gasteiger partial charge on any atom is -0.494 e. The number of carboxylic acids is 1. The van der Waals surface area contributed by atoms with Crippen LogP contribution in [0.4, 0.5) is 5.69 Å². The first kappa shape index (κ1) is 14.7. The predicted octanol–water partition coefficient (Wildman–Crippen LogP) is 1.65. The van der Waals surface area contributed by atoms with Crippen LogP contribution in [0, 0.1) is 6.92 Å². The summed E-state index contributed by atoms with van der Waals surface area (Å²) in [5.74, 6) is 0.0330. The third-order valence-electron chi connectivity index (χ3n) is 3.43. The van der Waals surface area contributed by atoms with Crippen LogP contribution in [-0.4, -0.2) is 43.9 Å². The largest absolute Gasteiger partial charge is 0.494 e. The molecule has 20 heavy (non-hydrogen) atoms. The van der Waals surface area contributed by atoms with Gasteiger partial charge in [0, 0.05) is 38.3 Å². The van der Waals surface area contributed by atoms with E-state index in [1.807, 2.05) is 12.1 Å². The van der Waals surface area contributed by atoms with Gasteiger partial charge in [-0.15, -0.1) is 0 Å². The molecule has 5 nitrogen and oxygen atoms in total. The quantitative estimate of drug-likeness (QED) is 0.775. The number of rotatable bonds is 6. The first-order valence-corrected chi connectivity index (χ1v) is 7.08. The van der Waals surface area contributed by atoms with E-state index in [0.29, 0.717) is 13.0 Å². The van der Waals surface area contributed by atoms with E-state index in [4.69, 9.17) is 9.84 Å². The Labute approximate surface area is 119 Å². The molecule has 2 N–H and O–H groups in total. The van der Waals surface area contributed by atoms with Gasteiger partial charge < -0.3 is 20.1 Å². The average molecular weight is 278 g/mol. The molecule has 1 aliphatic heterocycles. The van der Waals surface area contributed by atoms with E-state index in [9.17, 15) is 4.79 Å². The Hall–Kier alpha value is -1.75. The van der Waals surface area contributed by atoms with Crippen molar-refractivity contribution in [2.75, 3.05) is 37.7 Å². The van der Waals surface area contributed by atoms with Gasteiger partial charge in [0.15, 0.2) is 0 Å². The zero-order valence-electron chi connectivity index (χ0n) is 11.9. The molecule has 0 unspecified atom stereocenters. The molecule has 1 aliphatic rings. The van der Waals surface area contributed by atoms with E-state index in [1.54, 1.807) is 0 Å². The Kier molecular flexibility index (Phi) is 5.24. The van der Waals surface area contributed by atoms with Crippen LogP contribution < -0.4 is 15.0 Å². The van der Waals surface area contributed by atoms with Crippen LogP contribution in [0.5, 0.6) is 5.75 Å². The zero-order chi connectivity index (χ0) is 14.4. The fourth-order valence-electron chi connectivity index (χ4n) is 2.39. The van der Waals surface area contributed by atoms with Crippen molar-refractivity contribution in [2.45, 2.75) is 19.8 Å². The third kappa shape index (κ3) is 4.13. The molecule has 0 atom stereocenters. The van der Waals surface area contributed by atoms with Crippen molar-refractivity contribution >= 4 is 11.7 Å². The molecule has 0 aromatic heterocycles. The number of carbonyl (C=O) groups is 1. The van der Waals surface area contributed by atoms with Crippen molar-refractivity contribution in [3.63, 3.8) is 0 Å². The Morgan fingerprint density at radius 2 is 2.15 bits per heavy atom. The van der Waals surface area contributed by atoms with Crippen molar-refractivity contribution in [3.05, 3.63) is 23.8 Å². The summed E-state index contributed by atoms with van der Waals surface area (Å²) in [6.45, 7) is 6.62. The maximum absolute atomic E-state index is 10.4. The van der Waals surface area contributed by atoms with Crippen LogP contribution in [0.3, 0.4) is 0 Å². The lowest BCUT2D eigenvalue weighted by atomic mass is 10.1. The summed E-state index contributed by atoms with van der Waals surface area (Å²) < 4.78 is 5.59. The fourth-order valence-corrected chi connectivity index (χ4v) is 2.39. The highest BCUT2D eigenvalue weighted by molar-refractivity contribution is 5.66. The fraction of sp³-hybridized carbons (Fsp3) is 0.533. The molecule has 0 spiro atoms. The molecule has 2 rings (SSSR count). The maximum Gasteiger partial charge on any atom is 0.303 e. The first-order valence-electron chi connectivity index (χ1n) is 7.08. The second-order valence-corrected chi connectivity index (χ2v) is 5.03. The van der Waals surface area contributed by atoms with Gasteiger partial charge in [-0.2, -0.15) is 0 Å². The highest BCUT2D eigenvalue weighted by Crippen LogP contribution is 2.25. The summed E-state index contributed by atoms with van der Waals surface area (Å²) in [6, 6.07) is 6.08. The molecule has 0 bridgehead atoms. The summed E-state index contributed by atoms with van der Waals surface area (Å²) in [7, 11) is 0. The van der Waals surface area contributed by atoms with E-state index in [2.05, 4.69) is 23.2 Å². The predicted molar refractivity (Wildman–Crippen MR) is 78.6 cm³/mol. The summed E-state index contributed by atoms with van der Waals surface area (Å²) >= 11 is 0. The van der Waals surface area contributed by atoms with Crippen LogP contribution >= 0.6 is 0 Å². The number of hydrogen-bond acceptors (Lipinski definition) is 4. The number of nitrogens with one attached hydrogen (secondary N) is 1. The molecule has 0 radical (unpaired) electrons. The molecule has 0 aliphatic carbocycles. The Balaban J connectivity index is 1.89. The highest BCUT2D eigenvalue weighted by atomic mass is 16.5. The van der Waals surface area contributed by atoms with Gasteiger partial charge in [-0.25, -0.2) is 0 Å². The molecule has 1 aromatic rings. The van der Waals surface area contributed by atoms with Crippen LogP contribution in [0.2, 0.25) is 0 Å². The number of aliphatic carboxylic acids is 1. The van der Waals surface area contributed by atoms with Crippen molar-refractivity contribution in [2.24, 2.45) is 0 Å². The molecular weight excluding hydrogens is 256 g/mol. The van der Waals surface area contributed by atoms with Crippen LogP contribution in [0.1, 0.15) is 18.4 Å². The molecule has 110 valence electrons. The lowest BCUT2D eigenvalue weighted by Crippen LogP contribution is -2.43. The van der Waals surface area contributed by atoms with Gasteiger partial charge in [-0.05, 0) is 37.1 Å². The third-order valence-corrected chi connectivity index (χ3v) is 3.43. The van der Waals surface area contributed by atoms with Gasteiger partial charge in [-0.3, -0.25) is 4.79 Å². The maximum atomic E-state index is 10.4. The smallest absolute Gasteiger partial charge is 0.303 e. The lowest BCUT2D eigenvalue weighted by Gasteiger charge is -2.30. The first-order chi connectivity index (χ1) is 9.66. The van der Waals surface area contributed by atoms with E-state index < -0.39 is 5.97 Å². The van der Waals surface area contributed by atoms with Crippen LogP contribution in [0.25, 0.3) is 0 Å². The average Bonchev–Trinajstić information content (AvgIpc) is 2.44. The molecule has 1 heterocycles. The number of piperazine rings is 1. The second kappa shape index (κ2) is 7.14. The molecule has 1 saturated heterocycles. The van der Waals surface area contributed by atoms with E-state index >= 15 is 0 Å². The standard InChI is InChI=1S/C15H22N2O3/c1-12-11-13(20-10-2-3-15(18)19)4-5-14(12)17-8-6-16-7-9-17/h4-5,11,16H,2-3,6-10H2,1H3,(H,18,19). The zero-order valence-corrected chi connectivity index (χ0v) is 11.9. The lowest BCUT2D eigenvalue weighted by molar-refractivity contribution is -0.137. The molecule has 5 heteroatoms. The second-order valence-electron chi connectivity index (χ2n) is 5.03. The molecule has 0 saturated carbocycles. The highest BCUT2D eigenvalue weighted by Gasteiger charge is 2.12. The van der Waals surface area contributed by atoms with Gasteiger partial charge in [0.1, 0.15) is 5.75 Å². The molecule has 0 amide bonds. The molecule has 1 aromatic carbocycles.